The second-order valence-electron chi connectivity index (χ2n) is 3.73. The van der Waals surface area contributed by atoms with E-state index in [0.29, 0.717) is 5.82 Å². The van der Waals surface area contributed by atoms with Crippen molar-refractivity contribution in [3.05, 3.63) is 35.8 Å². The summed E-state index contributed by atoms with van der Waals surface area (Å²) in [7, 11) is 0. The summed E-state index contributed by atoms with van der Waals surface area (Å²) in [6, 6.07) is 0.829. The monoisotopic (exact) mass is 265 g/mol. The Morgan fingerprint density at radius 3 is 2.95 bits per heavy atom. The van der Waals surface area contributed by atoms with Gasteiger partial charge in [-0.25, -0.2) is 20.2 Å². The van der Waals surface area contributed by atoms with E-state index >= 15 is 0 Å². The van der Waals surface area contributed by atoms with Crippen LogP contribution in [0.2, 0.25) is 0 Å². The van der Waals surface area contributed by atoms with E-state index in [-0.39, 0.29) is 11.4 Å². The summed E-state index contributed by atoms with van der Waals surface area (Å²) in [5.74, 6) is 3.96. The molecule has 1 amide bonds. The van der Waals surface area contributed by atoms with Gasteiger partial charge in [-0.3, -0.25) is 9.89 Å². The maximum atomic E-state index is 13.8. The number of nitrogen functional groups attached to an aromatic ring is 1. The van der Waals surface area contributed by atoms with Gasteiger partial charge in [0.25, 0.3) is 5.91 Å². The summed E-state index contributed by atoms with van der Waals surface area (Å²) in [5.41, 5.74) is 1.92. The molecule has 0 saturated carbocycles. The van der Waals surface area contributed by atoms with Crippen molar-refractivity contribution in [3.8, 4) is 0 Å². The molecule has 2 aromatic heterocycles. The number of hydrogen-bond donors (Lipinski definition) is 4. The minimum Gasteiger partial charge on any atom is -0.342 e. The Morgan fingerprint density at radius 1 is 1.53 bits per heavy atom. The van der Waals surface area contributed by atoms with E-state index in [1.54, 1.807) is 6.92 Å². The largest absolute Gasteiger partial charge is 0.342 e. The molecule has 0 radical (unpaired) electrons. The first-order valence-electron chi connectivity index (χ1n) is 5.40. The number of nitrogens with two attached hydrogens (primary N) is 1. The summed E-state index contributed by atoms with van der Waals surface area (Å²) < 4.78 is 13.8. The zero-order chi connectivity index (χ0) is 13.8. The van der Waals surface area contributed by atoms with Crippen LogP contribution < -0.4 is 16.6 Å². The fourth-order valence-electron chi connectivity index (χ4n) is 1.49. The van der Waals surface area contributed by atoms with E-state index < -0.39 is 17.8 Å². The van der Waals surface area contributed by atoms with Gasteiger partial charge in [0.05, 0.1) is 11.6 Å². The van der Waals surface area contributed by atoms with Crippen molar-refractivity contribution in [2.24, 2.45) is 5.84 Å². The molecular formula is C10H12FN7O. The number of aromatic amines is 1. The van der Waals surface area contributed by atoms with E-state index in [1.807, 2.05) is 0 Å². The number of hydrogen-bond acceptors (Lipinski definition) is 6. The van der Waals surface area contributed by atoms with E-state index in [2.05, 4.69) is 30.9 Å². The number of pyridine rings is 1. The van der Waals surface area contributed by atoms with Gasteiger partial charge in [-0.2, -0.15) is 5.10 Å². The van der Waals surface area contributed by atoms with Gasteiger partial charge in [-0.05, 0) is 13.0 Å². The van der Waals surface area contributed by atoms with Gasteiger partial charge in [0, 0.05) is 6.20 Å². The van der Waals surface area contributed by atoms with E-state index in [0.717, 1.165) is 0 Å². The quantitative estimate of drug-likeness (QED) is 0.460. The van der Waals surface area contributed by atoms with Crippen LogP contribution in [0, 0.1) is 5.82 Å². The Kier molecular flexibility index (Phi) is 3.66. The molecule has 0 aromatic carbocycles. The standard InChI is InChI=1S/C10H12FN7O/c1-5(8-14-4-15-18-8)16-10(19)6-2-3-13-9(17-12)7(6)11/h2-5H,12H2,1H3,(H,13,17)(H,16,19)(H,14,15,18). The summed E-state index contributed by atoms with van der Waals surface area (Å²) in [6.07, 6.45) is 2.60. The average Bonchev–Trinajstić information content (AvgIpc) is 2.92. The topological polar surface area (TPSA) is 122 Å². The molecule has 100 valence electrons. The number of halogens is 1. The van der Waals surface area contributed by atoms with Crippen LogP contribution in [0.15, 0.2) is 18.6 Å². The van der Waals surface area contributed by atoms with Gasteiger partial charge < -0.3 is 10.7 Å². The van der Waals surface area contributed by atoms with E-state index in [9.17, 15) is 9.18 Å². The highest BCUT2D eigenvalue weighted by Crippen LogP contribution is 2.15. The van der Waals surface area contributed by atoms with E-state index in [4.69, 9.17) is 5.84 Å². The average molecular weight is 265 g/mol. The molecule has 0 aliphatic heterocycles. The van der Waals surface area contributed by atoms with Crippen molar-refractivity contribution in [1.82, 2.24) is 25.5 Å². The molecule has 5 N–H and O–H groups in total. The molecule has 0 fully saturated rings. The molecule has 2 heterocycles. The van der Waals surface area contributed by atoms with Gasteiger partial charge in [-0.1, -0.05) is 0 Å². The zero-order valence-electron chi connectivity index (χ0n) is 10.0. The van der Waals surface area contributed by atoms with Crippen LogP contribution in [0.3, 0.4) is 0 Å². The molecule has 8 nitrogen and oxygen atoms in total. The number of carbonyl (C=O) groups excluding carboxylic acids is 1. The first kappa shape index (κ1) is 12.9. The molecule has 2 aromatic rings. The third-order valence-electron chi connectivity index (χ3n) is 2.46. The highest BCUT2D eigenvalue weighted by molar-refractivity contribution is 5.95. The highest BCUT2D eigenvalue weighted by atomic mass is 19.1. The predicted octanol–water partition coefficient (Wildman–Crippen LogP) is 0.115. The lowest BCUT2D eigenvalue weighted by Crippen LogP contribution is -2.28. The molecule has 19 heavy (non-hydrogen) atoms. The van der Waals surface area contributed by atoms with Gasteiger partial charge in [0.15, 0.2) is 11.6 Å². The van der Waals surface area contributed by atoms with E-state index in [1.165, 1.54) is 18.6 Å². The predicted molar refractivity (Wildman–Crippen MR) is 64.3 cm³/mol. The van der Waals surface area contributed by atoms with Gasteiger partial charge in [-0.15, -0.1) is 0 Å². The lowest BCUT2D eigenvalue weighted by Gasteiger charge is -2.12. The maximum absolute atomic E-state index is 13.8. The normalized spacial score (nSPS) is 11.9. The SMILES string of the molecule is CC(NC(=O)c1ccnc(NN)c1F)c1ncn[nH]1. The van der Waals surface area contributed by atoms with Gasteiger partial charge in [0.1, 0.15) is 12.2 Å². The van der Waals surface area contributed by atoms with Crippen molar-refractivity contribution in [2.75, 3.05) is 5.43 Å². The fraction of sp³-hybridized carbons (Fsp3) is 0.200. The number of amides is 1. The second-order valence-corrected chi connectivity index (χ2v) is 3.73. The number of nitrogens with one attached hydrogen (secondary N) is 3. The van der Waals surface area contributed by atoms with Crippen molar-refractivity contribution in [1.29, 1.82) is 0 Å². The molecule has 2 rings (SSSR count). The van der Waals surface area contributed by atoms with Crippen molar-refractivity contribution in [2.45, 2.75) is 13.0 Å². The minimum atomic E-state index is -0.813. The van der Waals surface area contributed by atoms with Crippen LogP contribution in [-0.4, -0.2) is 26.1 Å². The number of rotatable bonds is 4. The van der Waals surface area contributed by atoms with Crippen molar-refractivity contribution in [3.63, 3.8) is 0 Å². The summed E-state index contributed by atoms with van der Waals surface area (Å²) in [4.78, 5) is 19.5. The first-order valence-corrected chi connectivity index (χ1v) is 5.40. The Balaban J connectivity index is 2.16. The van der Waals surface area contributed by atoms with Crippen molar-refractivity contribution >= 4 is 11.7 Å². The van der Waals surface area contributed by atoms with Crippen molar-refractivity contribution < 1.29 is 9.18 Å². The molecule has 0 bridgehead atoms. The van der Waals surface area contributed by atoms with Gasteiger partial charge >= 0.3 is 0 Å². The molecule has 0 aliphatic rings. The third-order valence-corrected chi connectivity index (χ3v) is 2.46. The summed E-state index contributed by atoms with van der Waals surface area (Å²) in [5, 5.41) is 8.87. The molecule has 9 heteroatoms. The molecule has 0 saturated heterocycles. The number of aromatic nitrogens is 4. The van der Waals surface area contributed by atoms with Crippen LogP contribution in [0.1, 0.15) is 29.1 Å². The summed E-state index contributed by atoms with van der Waals surface area (Å²) >= 11 is 0. The van der Waals surface area contributed by atoms with Gasteiger partial charge in [0.2, 0.25) is 0 Å². The first-order chi connectivity index (χ1) is 9.13. The molecule has 1 unspecified atom stereocenters. The maximum Gasteiger partial charge on any atom is 0.255 e. The second kappa shape index (κ2) is 5.40. The lowest BCUT2D eigenvalue weighted by atomic mass is 10.2. The molecule has 1 atom stereocenters. The van der Waals surface area contributed by atoms with Crippen LogP contribution >= 0.6 is 0 Å². The Bertz CT molecular complexity index is 571. The zero-order valence-corrected chi connectivity index (χ0v) is 10.0. The molecule has 0 spiro atoms. The number of nitrogens with zero attached hydrogens (tertiary/aromatic N) is 3. The third kappa shape index (κ3) is 2.65. The van der Waals surface area contributed by atoms with Crippen LogP contribution in [-0.2, 0) is 0 Å². The number of carbonyl (C=O) groups is 1. The van der Waals surface area contributed by atoms with Crippen LogP contribution in [0.5, 0.6) is 0 Å². The number of hydrazine groups is 1. The Morgan fingerprint density at radius 2 is 2.32 bits per heavy atom. The fourth-order valence-corrected chi connectivity index (χ4v) is 1.49. The van der Waals surface area contributed by atoms with Crippen LogP contribution in [0.4, 0.5) is 10.2 Å². The Labute approximate surface area is 107 Å². The van der Waals surface area contributed by atoms with Crippen LogP contribution in [0.25, 0.3) is 0 Å². The molecular weight excluding hydrogens is 253 g/mol. The number of H-pyrrole nitrogens is 1. The summed E-state index contributed by atoms with van der Waals surface area (Å²) in [6.45, 7) is 1.69. The smallest absolute Gasteiger partial charge is 0.255 e. The Hall–Kier alpha value is -2.55. The minimum absolute atomic E-state index is 0.158. The molecule has 0 aliphatic carbocycles. The lowest BCUT2D eigenvalue weighted by molar-refractivity contribution is 0.0934. The highest BCUT2D eigenvalue weighted by Gasteiger charge is 2.18. The number of anilines is 1.